The van der Waals surface area contributed by atoms with Gasteiger partial charge < -0.3 is 18.0 Å². The summed E-state index contributed by atoms with van der Waals surface area (Å²) in [6, 6.07) is 65.2. The summed E-state index contributed by atoms with van der Waals surface area (Å²) in [6.07, 6.45) is 0. The first-order chi connectivity index (χ1) is 27.8. The van der Waals surface area contributed by atoms with E-state index in [-0.39, 0.29) is 0 Å². The Morgan fingerprint density at radius 2 is 0.768 bits per heavy atom. The maximum absolute atomic E-state index is 6.95. The van der Waals surface area contributed by atoms with Crippen LogP contribution in [0, 0.1) is 0 Å². The normalized spacial score (nSPS) is 12.3. The maximum atomic E-state index is 6.95. The molecule has 0 amide bonds. The lowest BCUT2D eigenvalue weighted by molar-refractivity contribution is 0.663. The molecule has 0 aliphatic carbocycles. The van der Waals surface area contributed by atoms with Crippen molar-refractivity contribution in [2.75, 3.05) is 0 Å². The summed E-state index contributed by atoms with van der Waals surface area (Å²) >= 11 is 0. The Kier molecular flexibility index (Phi) is 5.86. The maximum Gasteiger partial charge on any atom is 0.147 e. The summed E-state index contributed by atoms with van der Waals surface area (Å²) < 4.78 is 18.6. The topological polar surface area (TPSA) is 36.1 Å². The van der Waals surface area contributed by atoms with E-state index in [9.17, 15) is 0 Å². The minimum atomic E-state index is 0.824. The molecule has 13 aromatic rings. The Morgan fingerprint density at radius 3 is 1.36 bits per heavy atom. The van der Waals surface area contributed by atoms with Gasteiger partial charge in [-0.15, -0.1) is 0 Å². The molecule has 0 saturated carbocycles. The molecule has 0 unspecified atom stereocenters. The number of benzene rings is 9. The third-order valence-corrected chi connectivity index (χ3v) is 11.9. The summed E-state index contributed by atoms with van der Waals surface area (Å²) in [5.74, 6) is 0. The molecule has 13 rings (SSSR count). The van der Waals surface area contributed by atoms with Gasteiger partial charge in [-0.25, -0.2) is 0 Å². The van der Waals surface area contributed by atoms with Gasteiger partial charge in [-0.05, 0) is 83.1 Å². The van der Waals surface area contributed by atoms with E-state index in [2.05, 4.69) is 191 Å². The smallest absolute Gasteiger partial charge is 0.147 e. The fourth-order valence-corrected chi connectivity index (χ4v) is 9.48. The lowest BCUT2D eigenvalue weighted by atomic mass is 9.94. The molecule has 0 saturated heterocycles. The van der Waals surface area contributed by atoms with Crippen LogP contribution in [-0.2, 0) is 0 Å². The van der Waals surface area contributed by atoms with Crippen LogP contribution in [-0.4, -0.2) is 9.13 Å². The van der Waals surface area contributed by atoms with Crippen LogP contribution in [0.25, 0.3) is 121 Å². The highest BCUT2D eigenvalue weighted by Crippen LogP contribution is 2.47. The number of hydrogen-bond acceptors (Lipinski definition) is 2. The SMILES string of the molecule is c1ccc2c(-c3cc4c5cc(-n6c7ccccc7c7ccccc76)ccc5oc4c4c3oc3ccc(-n5c6ccccc6c6ccccc65)cc34)cccc2c1. The third-order valence-electron chi connectivity index (χ3n) is 11.9. The number of aromatic nitrogens is 2. The predicted octanol–water partition coefficient (Wildman–Crippen LogP) is 14.5. The largest absolute Gasteiger partial charge is 0.455 e. The van der Waals surface area contributed by atoms with Crippen LogP contribution in [0.15, 0.2) is 191 Å². The summed E-state index contributed by atoms with van der Waals surface area (Å²) in [5, 5.41) is 11.4. The van der Waals surface area contributed by atoms with Crippen LogP contribution in [0.4, 0.5) is 0 Å². The second kappa shape index (κ2) is 11.0. The summed E-state index contributed by atoms with van der Waals surface area (Å²) in [4.78, 5) is 0. The van der Waals surface area contributed by atoms with Gasteiger partial charge in [-0.1, -0.05) is 115 Å². The first-order valence-corrected chi connectivity index (χ1v) is 19.1. The Labute approximate surface area is 319 Å². The van der Waals surface area contributed by atoms with Crippen LogP contribution >= 0.6 is 0 Å². The molecule has 0 spiro atoms. The number of furan rings is 2. The Morgan fingerprint density at radius 1 is 0.304 bits per heavy atom. The van der Waals surface area contributed by atoms with E-state index in [1.807, 2.05) is 0 Å². The number of fused-ring (bicyclic) bond motifs is 14. The molecule has 9 aromatic carbocycles. The Bertz CT molecular complexity index is 3670. The first-order valence-electron chi connectivity index (χ1n) is 19.1. The second-order valence-corrected chi connectivity index (χ2v) is 14.8. The van der Waals surface area contributed by atoms with Gasteiger partial charge in [0, 0.05) is 54.6 Å². The zero-order valence-electron chi connectivity index (χ0n) is 30.0. The van der Waals surface area contributed by atoms with Gasteiger partial charge in [0.05, 0.1) is 27.5 Å². The van der Waals surface area contributed by atoms with Crippen LogP contribution in [0.1, 0.15) is 0 Å². The van der Waals surface area contributed by atoms with Crippen molar-refractivity contribution < 1.29 is 8.83 Å². The van der Waals surface area contributed by atoms with Crippen molar-refractivity contribution >= 4 is 98.3 Å². The molecule has 4 heteroatoms. The van der Waals surface area contributed by atoms with Crippen LogP contribution < -0.4 is 0 Å². The molecular weight excluding hydrogens is 685 g/mol. The molecule has 4 aromatic heterocycles. The first kappa shape index (κ1) is 29.8. The van der Waals surface area contributed by atoms with Gasteiger partial charge >= 0.3 is 0 Å². The van der Waals surface area contributed by atoms with Crippen molar-refractivity contribution in [1.29, 1.82) is 0 Å². The fraction of sp³-hybridized carbons (Fsp3) is 0. The predicted molar refractivity (Wildman–Crippen MR) is 233 cm³/mol. The highest BCUT2D eigenvalue weighted by Gasteiger charge is 2.23. The number of rotatable bonds is 3. The number of nitrogens with zero attached hydrogens (tertiary/aromatic N) is 2. The van der Waals surface area contributed by atoms with Gasteiger partial charge in [0.1, 0.15) is 22.3 Å². The van der Waals surface area contributed by atoms with Crippen LogP contribution in [0.3, 0.4) is 0 Å². The average molecular weight is 715 g/mol. The van der Waals surface area contributed by atoms with E-state index >= 15 is 0 Å². The molecule has 56 heavy (non-hydrogen) atoms. The molecule has 0 aliphatic heterocycles. The third kappa shape index (κ3) is 3.97. The van der Waals surface area contributed by atoms with Gasteiger partial charge in [0.15, 0.2) is 0 Å². The molecule has 0 atom stereocenters. The molecule has 4 heterocycles. The molecular formula is C52H30N2O2. The standard InChI is InChI=1S/C52H30N2O2/c1-2-14-34-31(12-1)13-11-19-35(34)41-30-42-40-28-32(53-44-20-7-3-15-36(44)37-16-4-8-21-45(37)53)24-26-48(40)55-52(42)50-43-29-33(25-27-49(43)56-51(41)50)54-46-22-9-5-17-38(46)39-18-6-10-23-47(39)54/h1-30H. The number of hydrogen-bond donors (Lipinski definition) is 0. The fourth-order valence-electron chi connectivity index (χ4n) is 9.48. The lowest BCUT2D eigenvalue weighted by Crippen LogP contribution is -1.93. The monoisotopic (exact) mass is 714 g/mol. The number of para-hydroxylation sites is 4. The molecule has 260 valence electrons. The lowest BCUT2D eigenvalue weighted by Gasteiger charge is -2.09. The highest BCUT2D eigenvalue weighted by atomic mass is 16.3. The van der Waals surface area contributed by atoms with E-state index in [1.165, 1.54) is 54.4 Å². The molecule has 0 fully saturated rings. The van der Waals surface area contributed by atoms with Crippen LogP contribution in [0.5, 0.6) is 0 Å². The van der Waals surface area contributed by atoms with Gasteiger partial charge in [0.2, 0.25) is 0 Å². The molecule has 0 radical (unpaired) electrons. The Balaban J connectivity index is 1.15. The van der Waals surface area contributed by atoms with E-state index < -0.39 is 0 Å². The van der Waals surface area contributed by atoms with E-state index in [0.29, 0.717) is 0 Å². The second-order valence-electron chi connectivity index (χ2n) is 14.8. The molecule has 0 aliphatic rings. The van der Waals surface area contributed by atoms with E-state index in [4.69, 9.17) is 8.83 Å². The van der Waals surface area contributed by atoms with Gasteiger partial charge in [-0.2, -0.15) is 0 Å². The Hall–Kier alpha value is -7.56. The van der Waals surface area contributed by atoms with E-state index in [1.54, 1.807) is 0 Å². The minimum Gasteiger partial charge on any atom is -0.455 e. The van der Waals surface area contributed by atoms with Crippen LogP contribution in [0.2, 0.25) is 0 Å². The highest BCUT2D eigenvalue weighted by molar-refractivity contribution is 6.26. The average Bonchev–Trinajstić information content (AvgIpc) is 4.00. The van der Waals surface area contributed by atoms with Crippen molar-refractivity contribution in [3.8, 4) is 22.5 Å². The zero-order valence-corrected chi connectivity index (χ0v) is 30.0. The quantitative estimate of drug-likeness (QED) is 0.183. The van der Waals surface area contributed by atoms with Crippen molar-refractivity contribution in [1.82, 2.24) is 9.13 Å². The summed E-state index contributed by atoms with van der Waals surface area (Å²) in [7, 11) is 0. The van der Waals surface area contributed by atoms with Gasteiger partial charge in [-0.3, -0.25) is 0 Å². The molecule has 4 nitrogen and oxygen atoms in total. The van der Waals surface area contributed by atoms with Crippen molar-refractivity contribution in [2.24, 2.45) is 0 Å². The van der Waals surface area contributed by atoms with Crippen molar-refractivity contribution in [3.05, 3.63) is 182 Å². The van der Waals surface area contributed by atoms with Crippen molar-refractivity contribution in [3.63, 3.8) is 0 Å². The summed E-state index contributed by atoms with van der Waals surface area (Å²) in [5.41, 5.74) is 12.4. The van der Waals surface area contributed by atoms with E-state index in [0.717, 1.165) is 66.4 Å². The molecule has 0 N–H and O–H groups in total. The van der Waals surface area contributed by atoms with Gasteiger partial charge in [0.25, 0.3) is 0 Å². The zero-order chi connectivity index (χ0) is 36.5. The molecule has 0 bridgehead atoms. The summed E-state index contributed by atoms with van der Waals surface area (Å²) in [6.45, 7) is 0. The van der Waals surface area contributed by atoms with Crippen molar-refractivity contribution in [2.45, 2.75) is 0 Å². The minimum absolute atomic E-state index is 0.824.